The molecule has 0 amide bonds. The first-order valence-corrected chi connectivity index (χ1v) is 8.47. The minimum atomic E-state index is 1.06. The van der Waals surface area contributed by atoms with Crippen LogP contribution in [0, 0.1) is 0 Å². The first kappa shape index (κ1) is 16.5. The van der Waals surface area contributed by atoms with Gasteiger partial charge in [-0.25, -0.2) is 0 Å². The van der Waals surface area contributed by atoms with Crippen molar-refractivity contribution < 1.29 is 0 Å². The highest BCUT2D eigenvalue weighted by Crippen LogP contribution is 2.09. The van der Waals surface area contributed by atoms with Crippen molar-refractivity contribution in [3.63, 3.8) is 0 Å². The number of hydrogen-bond acceptors (Lipinski definition) is 3. The topological polar surface area (TPSA) is 18.5 Å². The van der Waals surface area contributed by atoms with Crippen LogP contribution in [-0.4, -0.2) is 56.1 Å². The van der Waals surface area contributed by atoms with Gasteiger partial charge in [0.1, 0.15) is 0 Å². The van der Waals surface area contributed by atoms with E-state index in [9.17, 15) is 0 Å². The van der Waals surface area contributed by atoms with E-state index in [4.69, 9.17) is 0 Å². The van der Waals surface area contributed by atoms with E-state index in [1.807, 2.05) is 0 Å². The summed E-state index contributed by atoms with van der Waals surface area (Å²) in [5, 5.41) is 3.37. The Morgan fingerprint density at radius 2 is 1.76 bits per heavy atom. The zero-order valence-corrected chi connectivity index (χ0v) is 13.8. The lowest BCUT2D eigenvalue weighted by atomic mass is 10.1. The van der Waals surface area contributed by atoms with Crippen molar-refractivity contribution in [2.24, 2.45) is 0 Å². The third kappa shape index (κ3) is 6.16. The molecule has 3 nitrogen and oxygen atoms in total. The fraction of sp³-hybridized carbons (Fsp3) is 0.667. The predicted molar refractivity (Wildman–Crippen MR) is 90.7 cm³/mol. The molecule has 1 saturated heterocycles. The summed E-state index contributed by atoms with van der Waals surface area (Å²) in [4.78, 5) is 5.02. The second kappa shape index (κ2) is 9.19. The van der Waals surface area contributed by atoms with Crippen molar-refractivity contribution in [2.75, 3.05) is 46.3 Å². The van der Waals surface area contributed by atoms with Crippen LogP contribution in [0.4, 0.5) is 0 Å². The van der Waals surface area contributed by atoms with E-state index >= 15 is 0 Å². The normalized spacial score (nSPS) is 16.0. The summed E-state index contributed by atoms with van der Waals surface area (Å²) in [6, 6.07) is 9.13. The van der Waals surface area contributed by atoms with Gasteiger partial charge in [0.25, 0.3) is 0 Å². The molecule has 0 atom stereocenters. The van der Waals surface area contributed by atoms with E-state index < -0.39 is 0 Å². The van der Waals surface area contributed by atoms with Crippen LogP contribution in [0.1, 0.15) is 30.9 Å². The molecule has 1 fully saturated rings. The van der Waals surface area contributed by atoms with Crippen LogP contribution in [0.25, 0.3) is 0 Å². The van der Waals surface area contributed by atoms with E-state index in [2.05, 4.69) is 53.4 Å². The maximum absolute atomic E-state index is 3.37. The molecule has 0 aromatic heterocycles. The summed E-state index contributed by atoms with van der Waals surface area (Å²) in [5.74, 6) is 0. The molecule has 2 rings (SSSR count). The molecule has 21 heavy (non-hydrogen) atoms. The molecule has 3 heteroatoms. The van der Waals surface area contributed by atoms with E-state index in [1.165, 1.54) is 50.1 Å². The second-order valence-corrected chi connectivity index (χ2v) is 6.21. The average Bonchev–Trinajstić information content (AvgIpc) is 3.01. The average molecular weight is 289 g/mol. The molecule has 0 aliphatic carbocycles. The molecular formula is C18H31N3. The van der Waals surface area contributed by atoms with Crippen LogP contribution in [0.5, 0.6) is 0 Å². The van der Waals surface area contributed by atoms with E-state index in [0.717, 1.165) is 26.1 Å². The van der Waals surface area contributed by atoms with Gasteiger partial charge < -0.3 is 15.1 Å². The zero-order valence-electron chi connectivity index (χ0n) is 13.8. The Labute approximate surface area is 130 Å². The highest BCUT2D eigenvalue weighted by atomic mass is 15.2. The lowest BCUT2D eigenvalue weighted by Crippen LogP contribution is -2.31. The third-order valence-electron chi connectivity index (χ3n) is 4.31. The molecule has 0 spiro atoms. The summed E-state index contributed by atoms with van der Waals surface area (Å²) in [6.07, 6.45) is 3.90. The minimum absolute atomic E-state index is 1.06. The Hall–Kier alpha value is -0.900. The molecule has 118 valence electrons. The number of benzene rings is 1. The second-order valence-electron chi connectivity index (χ2n) is 6.21. The van der Waals surface area contributed by atoms with Crippen LogP contribution in [-0.2, 0) is 13.0 Å². The van der Waals surface area contributed by atoms with Crippen LogP contribution < -0.4 is 5.32 Å². The van der Waals surface area contributed by atoms with E-state index in [0.29, 0.717) is 0 Å². The molecule has 1 N–H and O–H groups in total. The molecule has 0 radical (unpaired) electrons. The number of rotatable bonds is 9. The Morgan fingerprint density at radius 1 is 1.10 bits per heavy atom. The number of nitrogens with one attached hydrogen (secondary N) is 1. The smallest absolute Gasteiger partial charge is 0.0231 e. The van der Waals surface area contributed by atoms with Crippen LogP contribution in [0.15, 0.2) is 24.3 Å². The van der Waals surface area contributed by atoms with Crippen molar-refractivity contribution >= 4 is 0 Å². The molecule has 0 saturated carbocycles. The Morgan fingerprint density at radius 3 is 2.43 bits per heavy atom. The molecule has 0 unspecified atom stereocenters. The zero-order chi connectivity index (χ0) is 14.9. The van der Waals surface area contributed by atoms with Gasteiger partial charge >= 0.3 is 0 Å². The maximum Gasteiger partial charge on any atom is 0.0231 e. The van der Waals surface area contributed by atoms with Crippen molar-refractivity contribution in [3.8, 4) is 0 Å². The number of likely N-dealkylation sites (tertiary alicyclic amines) is 1. The molecule has 1 aromatic carbocycles. The number of hydrogen-bond donors (Lipinski definition) is 1. The Bertz CT molecular complexity index is 382. The maximum atomic E-state index is 3.37. The minimum Gasteiger partial charge on any atom is -0.317 e. The highest BCUT2D eigenvalue weighted by molar-refractivity contribution is 5.22. The molecule has 1 aromatic rings. The van der Waals surface area contributed by atoms with Crippen molar-refractivity contribution in [2.45, 2.75) is 32.7 Å². The summed E-state index contributed by atoms with van der Waals surface area (Å²) < 4.78 is 0. The van der Waals surface area contributed by atoms with E-state index in [1.54, 1.807) is 0 Å². The summed E-state index contributed by atoms with van der Waals surface area (Å²) in [6.45, 7) is 10.3. The van der Waals surface area contributed by atoms with Gasteiger partial charge in [-0.3, -0.25) is 0 Å². The lowest BCUT2D eigenvalue weighted by Gasteiger charge is -2.21. The van der Waals surface area contributed by atoms with Gasteiger partial charge in [0.15, 0.2) is 0 Å². The van der Waals surface area contributed by atoms with Gasteiger partial charge in [-0.15, -0.1) is 0 Å². The third-order valence-corrected chi connectivity index (χ3v) is 4.31. The van der Waals surface area contributed by atoms with Crippen molar-refractivity contribution in [3.05, 3.63) is 35.4 Å². The number of nitrogens with zero attached hydrogens (tertiary/aromatic N) is 2. The van der Waals surface area contributed by atoms with Gasteiger partial charge in [-0.05, 0) is 63.6 Å². The van der Waals surface area contributed by atoms with Crippen LogP contribution in [0.2, 0.25) is 0 Å². The van der Waals surface area contributed by atoms with Crippen molar-refractivity contribution in [1.82, 2.24) is 15.1 Å². The first-order chi connectivity index (χ1) is 10.3. The SMILES string of the molecule is CCNCCc1ccc(CN(C)CCN2CCCC2)cc1. The van der Waals surface area contributed by atoms with E-state index in [-0.39, 0.29) is 0 Å². The molecular weight excluding hydrogens is 258 g/mol. The standard InChI is InChI=1S/C18H31N3/c1-3-19-11-10-17-6-8-18(9-7-17)16-20(2)14-15-21-12-4-5-13-21/h6-9,19H,3-5,10-16H2,1-2H3. The molecule has 1 heterocycles. The first-order valence-electron chi connectivity index (χ1n) is 8.47. The molecule has 0 bridgehead atoms. The van der Waals surface area contributed by atoms with Gasteiger partial charge in [-0.1, -0.05) is 31.2 Å². The fourth-order valence-electron chi connectivity index (χ4n) is 2.93. The predicted octanol–water partition coefficient (Wildman–Crippen LogP) is 2.37. The Balaban J connectivity index is 1.68. The summed E-state index contributed by atoms with van der Waals surface area (Å²) in [7, 11) is 2.23. The highest BCUT2D eigenvalue weighted by Gasteiger charge is 2.11. The largest absolute Gasteiger partial charge is 0.317 e. The quantitative estimate of drug-likeness (QED) is 0.704. The van der Waals surface area contributed by atoms with Crippen molar-refractivity contribution in [1.29, 1.82) is 0 Å². The fourth-order valence-corrected chi connectivity index (χ4v) is 2.93. The summed E-state index contributed by atoms with van der Waals surface area (Å²) >= 11 is 0. The number of likely N-dealkylation sites (N-methyl/N-ethyl adjacent to an activating group) is 2. The van der Waals surface area contributed by atoms with Crippen LogP contribution >= 0.6 is 0 Å². The lowest BCUT2D eigenvalue weighted by molar-refractivity contribution is 0.252. The van der Waals surface area contributed by atoms with Gasteiger partial charge in [0.05, 0.1) is 0 Å². The molecule has 1 aliphatic rings. The van der Waals surface area contributed by atoms with Gasteiger partial charge in [0.2, 0.25) is 0 Å². The van der Waals surface area contributed by atoms with Gasteiger partial charge in [0, 0.05) is 19.6 Å². The van der Waals surface area contributed by atoms with Crippen LogP contribution in [0.3, 0.4) is 0 Å². The monoisotopic (exact) mass is 289 g/mol. The Kier molecular flexibility index (Phi) is 7.20. The molecule has 1 aliphatic heterocycles. The summed E-state index contributed by atoms with van der Waals surface area (Å²) in [5.41, 5.74) is 2.85. The van der Waals surface area contributed by atoms with Gasteiger partial charge in [-0.2, -0.15) is 0 Å².